The molecule has 0 amide bonds. The second kappa shape index (κ2) is 2.12. The van der Waals surface area contributed by atoms with E-state index in [9.17, 15) is 0 Å². The van der Waals surface area contributed by atoms with Crippen LogP contribution in [-0.2, 0) is 0 Å². The molecule has 2 aliphatic rings. The summed E-state index contributed by atoms with van der Waals surface area (Å²) in [6.07, 6.45) is 10.3. The molecule has 0 aromatic carbocycles. The van der Waals surface area contributed by atoms with E-state index in [4.69, 9.17) is 0 Å². The second-order valence-corrected chi connectivity index (χ2v) is 3.12. The Morgan fingerprint density at radius 2 is 2.30 bits per heavy atom. The van der Waals surface area contributed by atoms with Crippen LogP contribution in [-0.4, -0.2) is 0 Å². The van der Waals surface area contributed by atoms with Gasteiger partial charge in [0, 0.05) is 5.92 Å². The highest BCUT2D eigenvalue weighted by molar-refractivity contribution is 5.33. The molecule has 2 aliphatic carbocycles. The quantitative estimate of drug-likeness (QED) is 0.444. The van der Waals surface area contributed by atoms with Gasteiger partial charge in [0.1, 0.15) is 0 Å². The number of rotatable bonds is 0. The summed E-state index contributed by atoms with van der Waals surface area (Å²) >= 11 is 0. The van der Waals surface area contributed by atoms with Gasteiger partial charge in [-0.2, -0.15) is 0 Å². The Bertz CT molecular complexity index is 218. The van der Waals surface area contributed by atoms with Crippen LogP contribution in [0.4, 0.5) is 0 Å². The Labute approximate surface area is 61.9 Å². The lowest BCUT2D eigenvalue weighted by Crippen LogP contribution is -1.99. The molecule has 0 aromatic rings. The van der Waals surface area contributed by atoms with Crippen LogP contribution >= 0.6 is 0 Å². The third-order valence-electron chi connectivity index (χ3n) is 2.49. The van der Waals surface area contributed by atoms with Crippen molar-refractivity contribution in [3.8, 4) is 0 Å². The van der Waals surface area contributed by atoms with Gasteiger partial charge < -0.3 is 0 Å². The van der Waals surface area contributed by atoms with Crippen molar-refractivity contribution in [1.29, 1.82) is 0 Å². The lowest BCUT2D eigenvalue weighted by molar-refractivity contribution is 0.760. The van der Waals surface area contributed by atoms with Gasteiger partial charge in [-0.25, -0.2) is 0 Å². The van der Waals surface area contributed by atoms with Gasteiger partial charge in [-0.3, -0.25) is 0 Å². The molecular weight excluding hydrogens is 120 g/mol. The minimum atomic E-state index is 0.713. The molecule has 1 unspecified atom stereocenters. The van der Waals surface area contributed by atoms with Crippen molar-refractivity contribution < 1.29 is 0 Å². The third kappa shape index (κ3) is 0.756. The molecule has 52 valence electrons. The van der Waals surface area contributed by atoms with Crippen molar-refractivity contribution in [2.75, 3.05) is 0 Å². The van der Waals surface area contributed by atoms with E-state index in [0.29, 0.717) is 5.92 Å². The van der Waals surface area contributed by atoms with Gasteiger partial charge in [0.15, 0.2) is 0 Å². The Hall–Kier alpha value is -0.780. The van der Waals surface area contributed by atoms with E-state index in [0.717, 1.165) is 0 Å². The lowest BCUT2D eigenvalue weighted by atomic mass is 9.92. The summed E-state index contributed by atoms with van der Waals surface area (Å²) in [4.78, 5) is 0. The summed E-state index contributed by atoms with van der Waals surface area (Å²) in [5.41, 5.74) is 3.04. The largest absolute Gasteiger partial charge is 0.0992 e. The maximum atomic E-state index is 4.06. The second-order valence-electron chi connectivity index (χ2n) is 3.12. The molecule has 2 rings (SSSR count). The van der Waals surface area contributed by atoms with Gasteiger partial charge in [0.05, 0.1) is 0 Å². The first-order valence-corrected chi connectivity index (χ1v) is 3.91. The molecule has 0 radical (unpaired) electrons. The van der Waals surface area contributed by atoms with Gasteiger partial charge >= 0.3 is 0 Å². The molecule has 0 aliphatic heterocycles. The van der Waals surface area contributed by atoms with Crippen molar-refractivity contribution in [3.05, 3.63) is 36.0 Å². The smallest absolute Gasteiger partial charge is 0.00422 e. The van der Waals surface area contributed by atoms with Gasteiger partial charge in [0.25, 0.3) is 0 Å². The molecular formula is C10H12. The highest BCUT2D eigenvalue weighted by atomic mass is 14.3. The molecule has 0 nitrogen and oxygen atoms in total. The van der Waals surface area contributed by atoms with Crippen LogP contribution in [0.15, 0.2) is 36.0 Å². The Morgan fingerprint density at radius 3 is 3.10 bits per heavy atom. The fourth-order valence-electron chi connectivity index (χ4n) is 1.84. The van der Waals surface area contributed by atoms with Gasteiger partial charge in [-0.05, 0) is 19.3 Å². The molecule has 0 heteroatoms. The van der Waals surface area contributed by atoms with Crippen LogP contribution in [0, 0.1) is 5.92 Å². The standard InChI is InChI=1S/C10H12/c1-8-6-7-9-4-2-3-5-10(8)9/h2-4,10H,1,5-7H2. The van der Waals surface area contributed by atoms with Gasteiger partial charge in [-0.1, -0.05) is 36.0 Å². The Kier molecular flexibility index (Phi) is 1.26. The van der Waals surface area contributed by atoms with Gasteiger partial charge in [0.2, 0.25) is 0 Å². The van der Waals surface area contributed by atoms with Crippen LogP contribution in [0.3, 0.4) is 0 Å². The number of hydrogen-bond acceptors (Lipinski definition) is 0. The van der Waals surface area contributed by atoms with Crippen molar-refractivity contribution in [3.63, 3.8) is 0 Å². The normalized spacial score (nSPS) is 30.2. The van der Waals surface area contributed by atoms with E-state index in [-0.39, 0.29) is 0 Å². The van der Waals surface area contributed by atoms with Crippen molar-refractivity contribution >= 4 is 0 Å². The molecule has 0 N–H and O–H groups in total. The SMILES string of the molecule is C=C1CCC2=CC=CCC12. The van der Waals surface area contributed by atoms with E-state index >= 15 is 0 Å². The Balaban J connectivity index is 2.31. The average molecular weight is 132 g/mol. The van der Waals surface area contributed by atoms with E-state index in [1.165, 1.54) is 24.8 Å². The molecule has 0 heterocycles. The number of hydrogen-bond donors (Lipinski definition) is 0. The topological polar surface area (TPSA) is 0 Å². The van der Waals surface area contributed by atoms with E-state index in [1.54, 1.807) is 5.57 Å². The van der Waals surface area contributed by atoms with Crippen molar-refractivity contribution in [2.45, 2.75) is 19.3 Å². The molecule has 0 bridgehead atoms. The first kappa shape index (κ1) is 5.96. The van der Waals surface area contributed by atoms with E-state index in [1.807, 2.05) is 0 Å². The number of allylic oxidation sites excluding steroid dienone is 5. The fraction of sp³-hybridized carbons (Fsp3) is 0.400. The summed E-state index contributed by atoms with van der Waals surface area (Å²) < 4.78 is 0. The lowest BCUT2D eigenvalue weighted by Gasteiger charge is -2.12. The van der Waals surface area contributed by atoms with Crippen LogP contribution in [0.25, 0.3) is 0 Å². The monoisotopic (exact) mass is 132 g/mol. The van der Waals surface area contributed by atoms with Gasteiger partial charge in [-0.15, -0.1) is 0 Å². The third-order valence-corrected chi connectivity index (χ3v) is 2.49. The summed E-state index contributed by atoms with van der Waals surface area (Å²) in [6.45, 7) is 4.06. The fourth-order valence-corrected chi connectivity index (χ4v) is 1.84. The first-order valence-electron chi connectivity index (χ1n) is 3.91. The van der Waals surface area contributed by atoms with Crippen LogP contribution in [0.2, 0.25) is 0 Å². The highest BCUT2D eigenvalue weighted by Gasteiger charge is 2.23. The maximum Gasteiger partial charge on any atom is 0.00422 e. The zero-order valence-corrected chi connectivity index (χ0v) is 6.14. The molecule has 0 spiro atoms. The van der Waals surface area contributed by atoms with Crippen LogP contribution in [0.1, 0.15) is 19.3 Å². The molecule has 0 saturated heterocycles. The number of fused-ring (bicyclic) bond motifs is 1. The molecule has 1 atom stereocenters. The van der Waals surface area contributed by atoms with Crippen molar-refractivity contribution in [1.82, 2.24) is 0 Å². The predicted molar refractivity (Wildman–Crippen MR) is 43.7 cm³/mol. The predicted octanol–water partition coefficient (Wildman–Crippen LogP) is 2.84. The molecule has 1 saturated carbocycles. The summed E-state index contributed by atoms with van der Waals surface area (Å²) in [5.74, 6) is 0.713. The van der Waals surface area contributed by atoms with Crippen LogP contribution in [0.5, 0.6) is 0 Å². The minimum absolute atomic E-state index is 0.713. The minimum Gasteiger partial charge on any atom is -0.0992 e. The highest BCUT2D eigenvalue weighted by Crippen LogP contribution is 2.38. The Morgan fingerprint density at radius 1 is 1.40 bits per heavy atom. The maximum absolute atomic E-state index is 4.06. The summed E-state index contributed by atoms with van der Waals surface area (Å²) in [7, 11) is 0. The summed E-state index contributed by atoms with van der Waals surface area (Å²) in [5, 5.41) is 0. The molecule has 0 aromatic heterocycles. The van der Waals surface area contributed by atoms with Crippen molar-refractivity contribution in [2.24, 2.45) is 5.92 Å². The zero-order valence-electron chi connectivity index (χ0n) is 6.14. The average Bonchev–Trinajstić information content (AvgIpc) is 2.34. The van der Waals surface area contributed by atoms with E-state index in [2.05, 4.69) is 24.8 Å². The molecule has 10 heavy (non-hydrogen) atoms. The van der Waals surface area contributed by atoms with Crippen LogP contribution < -0.4 is 0 Å². The molecule has 1 fully saturated rings. The summed E-state index contributed by atoms with van der Waals surface area (Å²) in [6, 6.07) is 0. The van der Waals surface area contributed by atoms with E-state index < -0.39 is 0 Å². The zero-order chi connectivity index (χ0) is 6.97. The first-order chi connectivity index (χ1) is 4.88.